The third kappa shape index (κ3) is 9.07. The van der Waals surface area contributed by atoms with Gasteiger partial charge in [-0.3, -0.25) is 0 Å². The van der Waals surface area contributed by atoms with Gasteiger partial charge in [0.2, 0.25) is 0 Å². The second-order valence-electron chi connectivity index (χ2n) is 19.3. The maximum Gasteiger partial charge on any atom is 0.0867 e. The van der Waals surface area contributed by atoms with Crippen LogP contribution in [0.4, 0.5) is 0 Å². The molecule has 10 rings (SSSR count). The highest BCUT2D eigenvalue weighted by atomic mass is 32.2. The number of allylic oxidation sites excluding steroid dienone is 6. The number of ether oxygens (including phenoxy) is 2. The summed E-state index contributed by atoms with van der Waals surface area (Å²) in [6.07, 6.45) is 16.6. The molecule has 4 aromatic rings. The SMILES string of the molecule is CCCCCCOCC1(COCCCCCC)CC2=C(c3ccc(C4=C5CCCC5=C(c5ccccc5)S4=O)cc3)S(=O)C(c3ccc(C4=C5CCCC5=C(c5ccccc5)S4=O)cc3)=C2C1. The van der Waals surface area contributed by atoms with Crippen molar-refractivity contribution in [2.24, 2.45) is 5.41 Å². The summed E-state index contributed by atoms with van der Waals surface area (Å²) in [6.45, 7) is 7.12. The van der Waals surface area contributed by atoms with Crippen LogP contribution in [0.25, 0.3) is 29.4 Å². The molecule has 0 saturated heterocycles. The van der Waals surface area contributed by atoms with E-state index < -0.39 is 32.4 Å². The molecular weight excluding hydrogens is 885 g/mol. The first kappa shape index (κ1) is 46.4. The van der Waals surface area contributed by atoms with E-state index in [4.69, 9.17) is 9.47 Å². The van der Waals surface area contributed by atoms with Crippen LogP contribution < -0.4 is 0 Å². The van der Waals surface area contributed by atoms with Crippen LogP contribution in [-0.4, -0.2) is 39.1 Å². The second kappa shape index (κ2) is 20.7. The first-order valence-corrected chi connectivity index (χ1v) is 28.5. The molecule has 5 nitrogen and oxygen atoms in total. The molecule has 0 amide bonds. The Hall–Kier alpha value is -4.31. The highest BCUT2D eigenvalue weighted by molar-refractivity contribution is 8.04. The normalized spacial score (nSPS) is 22.0. The lowest BCUT2D eigenvalue weighted by Gasteiger charge is -2.29. The van der Waals surface area contributed by atoms with Gasteiger partial charge in [0, 0.05) is 18.6 Å². The van der Waals surface area contributed by atoms with Crippen molar-refractivity contribution >= 4 is 61.8 Å². The topological polar surface area (TPSA) is 69.7 Å². The standard InChI is InChI=1S/C59H64O5S3/c1-3-5-7-15-35-63-39-59(40-64-36-16-8-6-4-2)37-51-52(38-59)58(46-33-29-44(30-34-46)56-50-26-18-24-48(50)54(66(56)61)42-21-13-10-14-22-42)67(62)57(51)45-31-27-43(28-32-45)55-49-25-17-23-47(49)53(65(55)60)41-19-11-9-12-20-41/h9-14,19-22,27-34H,3-8,15-18,23-26,35-40H2,1-2H3. The van der Waals surface area contributed by atoms with Crippen molar-refractivity contribution in [2.45, 2.75) is 117 Å². The lowest BCUT2D eigenvalue weighted by Crippen LogP contribution is -2.30. The summed E-state index contributed by atoms with van der Waals surface area (Å²) in [7, 11) is -4.00. The van der Waals surface area contributed by atoms with Crippen LogP contribution in [0.15, 0.2) is 143 Å². The van der Waals surface area contributed by atoms with Crippen molar-refractivity contribution in [3.63, 3.8) is 0 Å². The van der Waals surface area contributed by atoms with Crippen LogP contribution in [0.1, 0.15) is 150 Å². The minimum atomic E-state index is -1.45. The lowest BCUT2D eigenvalue weighted by molar-refractivity contribution is -0.0173. The van der Waals surface area contributed by atoms with Gasteiger partial charge in [-0.15, -0.1) is 0 Å². The van der Waals surface area contributed by atoms with E-state index in [1.54, 1.807) is 0 Å². The van der Waals surface area contributed by atoms with Gasteiger partial charge in [0.05, 0.1) is 75.0 Å². The van der Waals surface area contributed by atoms with E-state index in [1.807, 2.05) is 36.4 Å². The predicted molar refractivity (Wildman–Crippen MR) is 281 cm³/mol. The van der Waals surface area contributed by atoms with E-state index in [9.17, 15) is 8.42 Å². The Morgan fingerprint density at radius 2 is 0.687 bits per heavy atom. The van der Waals surface area contributed by atoms with Crippen molar-refractivity contribution in [1.82, 2.24) is 0 Å². The summed E-state index contributed by atoms with van der Waals surface area (Å²) in [5.41, 5.74) is 12.9. The molecule has 6 aliphatic rings. The number of hydrogen-bond acceptors (Lipinski definition) is 5. The van der Waals surface area contributed by atoms with Crippen LogP contribution in [-0.2, 0) is 41.9 Å². The van der Waals surface area contributed by atoms with Crippen molar-refractivity contribution in [1.29, 1.82) is 0 Å². The van der Waals surface area contributed by atoms with Crippen molar-refractivity contribution < 1.29 is 22.1 Å². The van der Waals surface area contributed by atoms with Crippen LogP contribution in [0.5, 0.6) is 0 Å². The van der Waals surface area contributed by atoms with Gasteiger partial charge in [-0.25, -0.2) is 12.6 Å². The monoisotopic (exact) mass is 948 g/mol. The molecule has 0 radical (unpaired) electrons. The Kier molecular flexibility index (Phi) is 14.4. The maximum atomic E-state index is 15.3. The fourth-order valence-electron chi connectivity index (χ4n) is 11.4. The molecule has 0 aromatic heterocycles. The predicted octanol–water partition coefficient (Wildman–Crippen LogP) is 14.7. The van der Waals surface area contributed by atoms with E-state index in [-0.39, 0.29) is 5.41 Å². The van der Waals surface area contributed by atoms with Gasteiger partial charge in [0.1, 0.15) is 0 Å². The summed E-state index contributed by atoms with van der Waals surface area (Å²) in [4.78, 5) is 5.55. The minimum absolute atomic E-state index is 0.279. The zero-order valence-corrected chi connectivity index (χ0v) is 41.7. The third-order valence-electron chi connectivity index (χ3n) is 14.7. The van der Waals surface area contributed by atoms with E-state index in [2.05, 4.69) is 86.6 Å². The summed E-state index contributed by atoms with van der Waals surface area (Å²) < 4.78 is 57.3. The molecule has 3 aliphatic carbocycles. The van der Waals surface area contributed by atoms with E-state index in [1.165, 1.54) is 60.8 Å². The van der Waals surface area contributed by atoms with Crippen LogP contribution >= 0.6 is 0 Å². The van der Waals surface area contributed by atoms with Gasteiger partial charge in [-0.2, -0.15) is 0 Å². The van der Waals surface area contributed by atoms with E-state index in [0.29, 0.717) is 13.2 Å². The molecule has 67 heavy (non-hydrogen) atoms. The second-order valence-corrected chi connectivity index (χ2v) is 23.4. The van der Waals surface area contributed by atoms with Crippen molar-refractivity contribution in [3.05, 3.63) is 176 Å². The molecule has 348 valence electrons. The van der Waals surface area contributed by atoms with Crippen LogP contribution in [0.2, 0.25) is 0 Å². The third-order valence-corrected chi connectivity index (χ3v) is 19.8. The number of fused-ring (bicyclic) bond motifs is 3. The average molecular weight is 949 g/mol. The van der Waals surface area contributed by atoms with Gasteiger partial charge in [0.15, 0.2) is 0 Å². The number of hydrogen-bond donors (Lipinski definition) is 0. The van der Waals surface area contributed by atoms with Crippen molar-refractivity contribution in [3.8, 4) is 0 Å². The molecule has 0 bridgehead atoms. The zero-order valence-electron chi connectivity index (χ0n) is 39.3. The minimum Gasteiger partial charge on any atom is -0.381 e. The molecule has 0 spiro atoms. The molecule has 2 unspecified atom stereocenters. The molecule has 4 aromatic carbocycles. The zero-order chi connectivity index (χ0) is 45.9. The van der Waals surface area contributed by atoms with Crippen molar-refractivity contribution in [2.75, 3.05) is 26.4 Å². The first-order chi connectivity index (χ1) is 32.9. The Balaban J connectivity index is 0.988. The number of unbranched alkanes of at least 4 members (excludes halogenated alkanes) is 6. The smallest absolute Gasteiger partial charge is 0.0867 e. The highest BCUT2D eigenvalue weighted by Gasteiger charge is 2.47. The number of rotatable bonds is 20. The summed E-state index contributed by atoms with van der Waals surface area (Å²) >= 11 is 0. The summed E-state index contributed by atoms with van der Waals surface area (Å²) in [6, 6.07) is 37.4. The molecule has 2 atom stereocenters. The largest absolute Gasteiger partial charge is 0.381 e. The Morgan fingerprint density at radius 3 is 1.00 bits per heavy atom. The van der Waals surface area contributed by atoms with Gasteiger partial charge in [0.25, 0.3) is 0 Å². The fourth-order valence-corrected chi connectivity index (χ4v) is 16.8. The molecule has 3 saturated carbocycles. The fraction of sp³-hybridized carbons (Fsp3) is 0.390. The van der Waals surface area contributed by atoms with Gasteiger partial charge in [-0.05, 0) is 131 Å². The molecule has 0 N–H and O–H groups in total. The van der Waals surface area contributed by atoms with Gasteiger partial charge >= 0.3 is 0 Å². The summed E-state index contributed by atoms with van der Waals surface area (Å²) in [5.74, 6) is 0. The highest BCUT2D eigenvalue weighted by Crippen LogP contribution is 2.58. The van der Waals surface area contributed by atoms with E-state index >= 15 is 4.21 Å². The molecule has 3 aliphatic heterocycles. The quantitative estimate of drug-likeness (QED) is 0.0826. The Bertz CT molecular complexity index is 2600. The van der Waals surface area contributed by atoms with Gasteiger partial charge < -0.3 is 9.47 Å². The van der Waals surface area contributed by atoms with Gasteiger partial charge in [-0.1, -0.05) is 162 Å². The van der Waals surface area contributed by atoms with E-state index in [0.717, 1.165) is 151 Å². The summed E-state index contributed by atoms with van der Waals surface area (Å²) in [5, 5.41) is 0. The molecular formula is C59H64O5S3. The average Bonchev–Trinajstić information content (AvgIpc) is 4.21. The first-order valence-electron chi connectivity index (χ1n) is 25.0. The Morgan fingerprint density at radius 1 is 0.388 bits per heavy atom. The Labute approximate surface area is 406 Å². The van der Waals surface area contributed by atoms with Crippen LogP contribution in [0, 0.1) is 5.41 Å². The molecule has 3 fully saturated rings. The maximum absolute atomic E-state index is 15.3. The molecule has 8 heteroatoms. The molecule has 3 heterocycles. The number of benzene rings is 4. The lowest BCUT2D eigenvalue weighted by atomic mass is 9.87. The van der Waals surface area contributed by atoms with Crippen LogP contribution in [0.3, 0.4) is 0 Å².